The third-order valence-corrected chi connectivity index (χ3v) is 6.33. The number of rotatable bonds is 8. The number of furan rings is 1. The molecule has 2 aromatic rings. The first-order valence-electron chi connectivity index (χ1n) is 12.5. The Kier molecular flexibility index (Phi) is 8.53. The van der Waals surface area contributed by atoms with E-state index in [9.17, 15) is 14.4 Å². The van der Waals surface area contributed by atoms with Gasteiger partial charge in [-0.2, -0.15) is 0 Å². The Balaban J connectivity index is 1.68. The van der Waals surface area contributed by atoms with Crippen LogP contribution < -0.4 is 15.4 Å². The van der Waals surface area contributed by atoms with Crippen molar-refractivity contribution in [2.75, 3.05) is 13.7 Å². The SMILES string of the molecule is COc1ccc2occ(CC3CCCN3C(=O)C(NC(=O)C(C)NC(=O)OC(C)(C)C)C(C)C)c2c1. The van der Waals surface area contributed by atoms with Crippen LogP contribution in [0.25, 0.3) is 11.0 Å². The molecule has 0 radical (unpaired) electrons. The van der Waals surface area contributed by atoms with Gasteiger partial charge in [0, 0.05) is 23.5 Å². The fraction of sp³-hybridized carbons (Fsp3) is 0.593. The Morgan fingerprint density at radius 2 is 1.89 bits per heavy atom. The molecular formula is C27H39N3O6. The van der Waals surface area contributed by atoms with Crippen LogP contribution in [-0.2, 0) is 20.7 Å². The van der Waals surface area contributed by atoms with E-state index in [1.54, 1.807) is 41.1 Å². The molecule has 3 rings (SSSR count). The zero-order chi connectivity index (χ0) is 26.6. The summed E-state index contributed by atoms with van der Waals surface area (Å²) in [6.07, 6.45) is 3.49. The number of hydrogen-bond acceptors (Lipinski definition) is 6. The number of likely N-dealkylation sites (tertiary alicyclic amines) is 1. The Bertz CT molecular complexity index is 1090. The molecule has 1 aromatic carbocycles. The highest BCUT2D eigenvalue weighted by Crippen LogP contribution is 2.30. The summed E-state index contributed by atoms with van der Waals surface area (Å²) in [5, 5.41) is 6.36. The summed E-state index contributed by atoms with van der Waals surface area (Å²) >= 11 is 0. The molecule has 0 bridgehead atoms. The van der Waals surface area contributed by atoms with Gasteiger partial charge in [-0.05, 0) is 71.1 Å². The molecule has 3 amide bonds. The molecule has 9 heteroatoms. The van der Waals surface area contributed by atoms with Crippen molar-refractivity contribution in [1.29, 1.82) is 0 Å². The number of nitrogens with one attached hydrogen (secondary N) is 2. The lowest BCUT2D eigenvalue weighted by Crippen LogP contribution is -2.56. The van der Waals surface area contributed by atoms with Gasteiger partial charge in [0.25, 0.3) is 0 Å². The van der Waals surface area contributed by atoms with Crippen LogP contribution in [0, 0.1) is 5.92 Å². The molecule has 1 aromatic heterocycles. The minimum absolute atomic E-state index is 0.0000325. The molecule has 198 valence electrons. The van der Waals surface area contributed by atoms with Gasteiger partial charge in [0.05, 0.1) is 13.4 Å². The molecule has 1 saturated heterocycles. The molecular weight excluding hydrogens is 462 g/mol. The normalized spacial score (nSPS) is 17.7. The summed E-state index contributed by atoms with van der Waals surface area (Å²) in [5.41, 5.74) is 1.13. The van der Waals surface area contributed by atoms with Crippen LogP contribution >= 0.6 is 0 Å². The number of nitrogens with zero attached hydrogens (tertiary/aromatic N) is 1. The van der Waals surface area contributed by atoms with E-state index in [4.69, 9.17) is 13.9 Å². The van der Waals surface area contributed by atoms with Gasteiger partial charge in [-0.25, -0.2) is 4.79 Å². The first-order chi connectivity index (χ1) is 16.9. The van der Waals surface area contributed by atoms with Crippen LogP contribution in [0.15, 0.2) is 28.9 Å². The highest BCUT2D eigenvalue weighted by atomic mass is 16.6. The quantitative estimate of drug-likeness (QED) is 0.565. The molecule has 0 aliphatic carbocycles. The minimum atomic E-state index is -0.851. The second kappa shape index (κ2) is 11.2. The molecule has 2 heterocycles. The number of ether oxygens (including phenoxy) is 2. The van der Waals surface area contributed by atoms with Crippen molar-refractivity contribution in [1.82, 2.24) is 15.5 Å². The summed E-state index contributed by atoms with van der Waals surface area (Å²) in [4.78, 5) is 40.4. The van der Waals surface area contributed by atoms with Crippen molar-refractivity contribution in [2.24, 2.45) is 5.92 Å². The fourth-order valence-electron chi connectivity index (χ4n) is 4.46. The van der Waals surface area contributed by atoms with E-state index in [0.717, 1.165) is 35.1 Å². The second-order valence-electron chi connectivity index (χ2n) is 10.8. The van der Waals surface area contributed by atoms with E-state index < -0.39 is 29.7 Å². The van der Waals surface area contributed by atoms with Gasteiger partial charge in [-0.3, -0.25) is 9.59 Å². The van der Waals surface area contributed by atoms with Crippen molar-refractivity contribution in [3.8, 4) is 5.75 Å². The highest BCUT2D eigenvalue weighted by molar-refractivity contribution is 5.91. The number of methoxy groups -OCH3 is 1. The lowest BCUT2D eigenvalue weighted by molar-refractivity contribution is -0.138. The Morgan fingerprint density at radius 1 is 1.17 bits per heavy atom. The zero-order valence-corrected chi connectivity index (χ0v) is 22.3. The van der Waals surface area contributed by atoms with E-state index in [1.165, 1.54) is 0 Å². The lowest BCUT2D eigenvalue weighted by Gasteiger charge is -2.31. The van der Waals surface area contributed by atoms with Gasteiger partial charge in [0.1, 0.15) is 29.0 Å². The smallest absolute Gasteiger partial charge is 0.408 e. The summed E-state index contributed by atoms with van der Waals surface area (Å²) in [6, 6.07) is 4.13. The fourth-order valence-corrected chi connectivity index (χ4v) is 4.46. The van der Waals surface area contributed by atoms with Crippen molar-refractivity contribution >= 4 is 28.9 Å². The first-order valence-corrected chi connectivity index (χ1v) is 12.5. The van der Waals surface area contributed by atoms with Crippen LogP contribution in [0.3, 0.4) is 0 Å². The number of amides is 3. The lowest BCUT2D eigenvalue weighted by atomic mass is 9.99. The van der Waals surface area contributed by atoms with Gasteiger partial charge in [0.2, 0.25) is 11.8 Å². The van der Waals surface area contributed by atoms with Crippen molar-refractivity contribution in [2.45, 2.75) is 84.5 Å². The minimum Gasteiger partial charge on any atom is -0.497 e. The molecule has 0 spiro atoms. The number of benzene rings is 1. The van der Waals surface area contributed by atoms with Crippen LogP contribution in [0.2, 0.25) is 0 Å². The topological polar surface area (TPSA) is 110 Å². The predicted molar refractivity (Wildman–Crippen MR) is 137 cm³/mol. The third kappa shape index (κ3) is 6.71. The van der Waals surface area contributed by atoms with Gasteiger partial charge in [-0.15, -0.1) is 0 Å². The Hall–Kier alpha value is -3.23. The van der Waals surface area contributed by atoms with E-state index in [-0.39, 0.29) is 17.9 Å². The maximum absolute atomic E-state index is 13.6. The Morgan fingerprint density at radius 3 is 2.53 bits per heavy atom. The number of carbonyl (C=O) groups is 3. The van der Waals surface area contributed by atoms with Crippen LogP contribution in [0.4, 0.5) is 4.79 Å². The van der Waals surface area contributed by atoms with Crippen LogP contribution in [0.5, 0.6) is 5.75 Å². The molecule has 1 aliphatic rings. The van der Waals surface area contributed by atoms with Gasteiger partial charge in [-0.1, -0.05) is 13.8 Å². The summed E-state index contributed by atoms with van der Waals surface area (Å²) in [5.74, 6) is 0.0731. The van der Waals surface area contributed by atoms with Crippen molar-refractivity contribution in [3.63, 3.8) is 0 Å². The number of fused-ring (bicyclic) bond motifs is 1. The standard InChI is InChI=1S/C27H39N3O6/c1-16(2)23(29-24(31)17(3)28-26(33)36-27(4,5)6)25(32)30-12-8-9-19(30)13-18-15-35-22-11-10-20(34-7)14-21(18)22/h10-11,14-17,19,23H,8-9,12-13H2,1-7H3,(H,28,33)(H,29,31). The van der Waals surface area contributed by atoms with E-state index >= 15 is 0 Å². The number of alkyl carbamates (subject to hydrolysis) is 1. The summed E-state index contributed by atoms with van der Waals surface area (Å²) in [6.45, 7) is 11.2. The van der Waals surface area contributed by atoms with Crippen LogP contribution in [-0.4, -0.2) is 60.2 Å². The number of carbonyl (C=O) groups excluding carboxylic acids is 3. The van der Waals surface area contributed by atoms with Crippen LogP contribution in [0.1, 0.15) is 59.9 Å². The largest absolute Gasteiger partial charge is 0.497 e. The monoisotopic (exact) mass is 501 g/mol. The Labute approximate surface area is 212 Å². The zero-order valence-electron chi connectivity index (χ0n) is 22.3. The van der Waals surface area contributed by atoms with E-state index in [2.05, 4.69) is 10.6 Å². The van der Waals surface area contributed by atoms with E-state index in [1.807, 2.05) is 36.9 Å². The van der Waals surface area contributed by atoms with Crippen molar-refractivity contribution < 1.29 is 28.3 Å². The average Bonchev–Trinajstić information content (AvgIpc) is 3.42. The second-order valence-corrected chi connectivity index (χ2v) is 10.8. The maximum atomic E-state index is 13.6. The van der Waals surface area contributed by atoms with Crippen molar-refractivity contribution in [3.05, 3.63) is 30.0 Å². The highest BCUT2D eigenvalue weighted by Gasteiger charge is 2.36. The molecule has 9 nitrogen and oxygen atoms in total. The summed E-state index contributed by atoms with van der Waals surface area (Å²) in [7, 11) is 1.63. The molecule has 3 atom stereocenters. The number of hydrogen-bond donors (Lipinski definition) is 2. The van der Waals surface area contributed by atoms with Gasteiger partial charge < -0.3 is 29.4 Å². The molecule has 36 heavy (non-hydrogen) atoms. The average molecular weight is 502 g/mol. The van der Waals surface area contributed by atoms with Gasteiger partial charge in [0.15, 0.2) is 0 Å². The third-order valence-electron chi connectivity index (χ3n) is 6.33. The molecule has 0 saturated carbocycles. The molecule has 1 aliphatic heterocycles. The molecule has 1 fully saturated rings. The first kappa shape index (κ1) is 27.4. The molecule has 2 N–H and O–H groups in total. The van der Waals surface area contributed by atoms with E-state index in [0.29, 0.717) is 13.0 Å². The van der Waals surface area contributed by atoms with Gasteiger partial charge >= 0.3 is 6.09 Å². The maximum Gasteiger partial charge on any atom is 0.408 e. The predicted octanol–water partition coefficient (Wildman–Crippen LogP) is 4.03. The molecule has 3 unspecified atom stereocenters. The summed E-state index contributed by atoms with van der Waals surface area (Å²) < 4.78 is 16.3.